The van der Waals surface area contributed by atoms with Crippen molar-refractivity contribution in [1.29, 1.82) is 0 Å². The molecule has 0 spiro atoms. The molecule has 78 valence electrons. The van der Waals surface area contributed by atoms with Crippen molar-refractivity contribution >= 4 is 5.69 Å². The number of rotatable bonds is 4. The van der Waals surface area contributed by atoms with Gasteiger partial charge in [0.15, 0.2) is 0 Å². The highest BCUT2D eigenvalue weighted by Crippen LogP contribution is 2.15. The van der Waals surface area contributed by atoms with Crippen LogP contribution in [0.1, 0.15) is 32.6 Å². The fraction of sp³-hybridized carbons (Fsp3) is 0.545. The lowest BCUT2D eigenvalue weighted by atomic mass is 10.2. The number of anilines is 1. The number of hydrogen-bond donors (Lipinski definition) is 1. The topological polar surface area (TPSA) is 36.4 Å². The first kappa shape index (κ1) is 11.0. The highest BCUT2D eigenvalue weighted by atomic mass is 16.3. The molecule has 1 rings (SSSR count). The second kappa shape index (κ2) is 4.96. The van der Waals surface area contributed by atoms with Crippen molar-refractivity contribution in [3.8, 4) is 0 Å². The number of aliphatic hydroxyl groups excluding tert-OH is 1. The van der Waals surface area contributed by atoms with Crippen LogP contribution in [0.25, 0.3) is 0 Å². The van der Waals surface area contributed by atoms with Crippen LogP contribution in [-0.4, -0.2) is 23.2 Å². The molecule has 14 heavy (non-hydrogen) atoms. The molecule has 3 heteroatoms. The fourth-order valence-electron chi connectivity index (χ4n) is 1.42. The van der Waals surface area contributed by atoms with Crippen LogP contribution >= 0.6 is 0 Å². The average molecular weight is 194 g/mol. The normalized spacial score (nSPS) is 12.6. The van der Waals surface area contributed by atoms with Gasteiger partial charge in [-0.05, 0) is 32.9 Å². The maximum absolute atomic E-state index is 9.29. The quantitative estimate of drug-likeness (QED) is 0.796. The molecule has 0 radical (unpaired) electrons. The number of aliphatic hydroxyl groups is 1. The molecule has 0 saturated carbocycles. The largest absolute Gasteiger partial charge is 0.387 e. The van der Waals surface area contributed by atoms with Gasteiger partial charge in [-0.3, -0.25) is 4.98 Å². The summed E-state index contributed by atoms with van der Waals surface area (Å²) in [6.07, 6.45) is 1.33. The molecule has 0 amide bonds. The van der Waals surface area contributed by atoms with E-state index in [1.54, 1.807) is 6.92 Å². The molecule has 0 fully saturated rings. The Labute approximate surface area is 85.4 Å². The molecule has 0 unspecified atom stereocenters. The third-order valence-electron chi connectivity index (χ3n) is 2.33. The predicted octanol–water partition coefficient (Wildman–Crippen LogP) is 1.98. The van der Waals surface area contributed by atoms with E-state index in [2.05, 4.69) is 23.7 Å². The van der Waals surface area contributed by atoms with E-state index in [0.29, 0.717) is 0 Å². The van der Waals surface area contributed by atoms with E-state index in [0.717, 1.165) is 24.5 Å². The highest BCUT2D eigenvalue weighted by molar-refractivity contribution is 5.44. The predicted molar refractivity (Wildman–Crippen MR) is 58.4 cm³/mol. The monoisotopic (exact) mass is 194 g/mol. The molecular weight excluding hydrogens is 176 g/mol. The molecule has 0 saturated heterocycles. The van der Waals surface area contributed by atoms with Gasteiger partial charge in [-0.1, -0.05) is 0 Å². The Balaban J connectivity index is 2.81. The van der Waals surface area contributed by atoms with Crippen LogP contribution < -0.4 is 4.90 Å². The van der Waals surface area contributed by atoms with Gasteiger partial charge < -0.3 is 10.0 Å². The summed E-state index contributed by atoms with van der Waals surface area (Å²) in [4.78, 5) is 6.42. The van der Waals surface area contributed by atoms with E-state index in [1.807, 2.05) is 18.3 Å². The van der Waals surface area contributed by atoms with Gasteiger partial charge in [0.1, 0.15) is 0 Å². The van der Waals surface area contributed by atoms with Crippen LogP contribution in [-0.2, 0) is 0 Å². The van der Waals surface area contributed by atoms with Crippen molar-refractivity contribution in [2.75, 3.05) is 18.0 Å². The van der Waals surface area contributed by atoms with Crippen molar-refractivity contribution in [3.05, 3.63) is 24.0 Å². The van der Waals surface area contributed by atoms with Crippen molar-refractivity contribution in [2.45, 2.75) is 26.9 Å². The average Bonchev–Trinajstić information content (AvgIpc) is 2.20. The van der Waals surface area contributed by atoms with E-state index in [4.69, 9.17) is 0 Å². The summed E-state index contributed by atoms with van der Waals surface area (Å²) in [5.41, 5.74) is 1.83. The summed E-state index contributed by atoms with van der Waals surface area (Å²) in [7, 11) is 0. The van der Waals surface area contributed by atoms with E-state index in [1.165, 1.54) is 0 Å². The summed E-state index contributed by atoms with van der Waals surface area (Å²) in [6, 6.07) is 3.88. The molecule has 1 atom stereocenters. The lowest BCUT2D eigenvalue weighted by molar-refractivity contribution is 0.194. The van der Waals surface area contributed by atoms with Crippen molar-refractivity contribution < 1.29 is 5.11 Å². The zero-order chi connectivity index (χ0) is 10.6. The second-order valence-corrected chi connectivity index (χ2v) is 3.29. The lowest BCUT2D eigenvalue weighted by Crippen LogP contribution is -2.21. The van der Waals surface area contributed by atoms with E-state index >= 15 is 0 Å². The zero-order valence-corrected chi connectivity index (χ0v) is 9.07. The Morgan fingerprint density at radius 3 is 2.36 bits per heavy atom. The minimum atomic E-state index is -0.485. The number of hydrogen-bond acceptors (Lipinski definition) is 3. The number of nitrogens with zero attached hydrogens (tertiary/aromatic N) is 2. The standard InChI is InChI=1S/C11H18N2O/c1-4-13(5-2)10-6-7-11(9(3)14)12-8-10/h6-9,14H,4-5H2,1-3H3/t9-/m0/s1. The lowest BCUT2D eigenvalue weighted by Gasteiger charge is -2.20. The minimum Gasteiger partial charge on any atom is -0.387 e. The van der Waals surface area contributed by atoms with Crippen LogP contribution in [0.5, 0.6) is 0 Å². The van der Waals surface area contributed by atoms with E-state index < -0.39 is 6.10 Å². The SMILES string of the molecule is CCN(CC)c1ccc([C@H](C)O)nc1. The Hall–Kier alpha value is -1.09. The fourth-order valence-corrected chi connectivity index (χ4v) is 1.42. The Morgan fingerprint density at radius 1 is 1.36 bits per heavy atom. The van der Waals surface area contributed by atoms with Gasteiger partial charge in [-0.2, -0.15) is 0 Å². The second-order valence-electron chi connectivity index (χ2n) is 3.29. The third-order valence-corrected chi connectivity index (χ3v) is 2.33. The first-order chi connectivity index (χ1) is 6.69. The molecule has 1 aromatic heterocycles. The van der Waals surface area contributed by atoms with Gasteiger partial charge in [-0.25, -0.2) is 0 Å². The van der Waals surface area contributed by atoms with Crippen LogP contribution in [0.4, 0.5) is 5.69 Å². The summed E-state index contributed by atoms with van der Waals surface area (Å²) in [6.45, 7) is 7.91. The van der Waals surface area contributed by atoms with Crippen molar-refractivity contribution in [1.82, 2.24) is 4.98 Å². The molecule has 0 aliphatic carbocycles. The first-order valence-electron chi connectivity index (χ1n) is 5.08. The van der Waals surface area contributed by atoms with Gasteiger partial charge in [-0.15, -0.1) is 0 Å². The summed E-state index contributed by atoms with van der Waals surface area (Å²) >= 11 is 0. The van der Waals surface area contributed by atoms with Gasteiger partial charge in [0.2, 0.25) is 0 Å². The summed E-state index contributed by atoms with van der Waals surface area (Å²) in [5.74, 6) is 0. The smallest absolute Gasteiger partial charge is 0.0931 e. The van der Waals surface area contributed by atoms with Crippen LogP contribution in [0.3, 0.4) is 0 Å². The highest BCUT2D eigenvalue weighted by Gasteiger charge is 2.04. The maximum atomic E-state index is 9.29. The van der Waals surface area contributed by atoms with E-state index in [9.17, 15) is 5.11 Å². The maximum Gasteiger partial charge on any atom is 0.0931 e. The van der Waals surface area contributed by atoms with Gasteiger partial charge >= 0.3 is 0 Å². The van der Waals surface area contributed by atoms with E-state index in [-0.39, 0.29) is 0 Å². The van der Waals surface area contributed by atoms with Crippen LogP contribution in [0, 0.1) is 0 Å². The first-order valence-corrected chi connectivity index (χ1v) is 5.08. The molecule has 0 bridgehead atoms. The number of aromatic nitrogens is 1. The molecular formula is C11H18N2O. The van der Waals surface area contributed by atoms with Gasteiger partial charge in [0.25, 0.3) is 0 Å². The summed E-state index contributed by atoms with van der Waals surface area (Å²) in [5, 5.41) is 9.29. The summed E-state index contributed by atoms with van der Waals surface area (Å²) < 4.78 is 0. The van der Waals surface area contributed by atoms with Gasteiger partial charge in [0, 0.05) is 13.1 Å². The van der Waals surface area contributed by atoms with Crippen molar-refractivity contribution in [3.63, 3.8) is 0 Å². The van der Waals surface area contributed by atoms with Crippen molar-refractivity contribution in [2.24, 2.45) is 0 Å². The molecule has 0 aromatic carbocycles. The van der Waals surface area contributed by atoms with Gasteiger partial charge in [0.05, 0.1) is 23.7 Å². The molecule has 1 N–H and O–H groups in total. The third kappa shape index (κ3) is 2.45. The zero-order valence-electron chi connectivity index (χ0n) is 9.07. The Kier molecular flexibility index (Phi) is 3.89. The molecule has 0 aliphatic rings. The minimum absolute atomic E-state index is 0.485. The van der Waals surface area contributed by atoms with Crippen LogP contribution in [0.2, 0.25) is 0 Å². The Morgan fingerprint density at radius 2 is 2.00 bits per heavy atom. The Bertz CT molecular complexity index is 265. The molecule has 1 heterocycles. The molecule has 0 aliphatic heterocycles. The van der Waals surface area contributed by atoms with Crippen LogP contribution in [0.15, 0.2) is 18.3 Å². The number of pyridine rings is 1. The molecule has 1 aromatic rings. The molecule has 3 nitrogen and oxygen atoms in total.